The predicted octanol–water partition coefficient (Wildman–Crippen LogP) is -0.335. The standard InChI is InChI=1S/C33H46N5O9PS.Li.H/c1-49(46,47)38-27(10-4-7-17-34)30(40)37-29(18-22-11-13-24(39)14-12-22)48(44,45)21-33(15-5-6-16-33)32(43)36-28(31(41)42)19-23-20-35-26-9-3-2-8-25(23)26;;/h2-3,8-9,11-14,20,27-29,35,38-39H,4-7,10,15-19,21,34H2,1H3,(H,36,43)(H,37,40)(H,41,42)(H,44,45);;/q;+1;-1/t27-,28-,29+;;/m0../s1. The number of phenols is 1. The number of sulfonamides is 1. The van der Waals surface area contributed by atoms with Crippen molar-refractivity contribution in [1.82, 2.24) is 20.3 Å². The summed E-state index contributed by atoms with van der Waals surface area (Å²) in [6.45, 7) is 0.331. The van der Waals surface area contributed by atoms with Gasteiger partial charge >= 0.3 is 24.8 Å². The number of nitrogens with one attached hydrogen (secondary N) is 4. The van der Waals surface area contributed by atoms with Crippen LogP contribution < -0.4 is 39.9 Å². The molecule has 1 aliphatic rings. The molecule has 1 aliphatic carbocycles. The van der Waals surface area contributed by atoms with Gasteiger partial charge in [0.2, 0.25) is 29.2 Å². The second kappa shape index (κ2) is 17.9. The van der Waals surface area contributed by atoms with Gasteiger partial charge in [0.05, 0.1) is 11.7 Å². The van der Waals surface area contributed by atoms with Gasteiger partial charge in [0.1, 0.15) is 23.6 Å². The number of nitrogens with two attached hydrogens (primary N) is 1. The quantitative estimate of drug-likeness (QED) is 0.0482. The fourth-order valence-corrected chi connectivity index (χ4v) is 9.61. The number of phenolic OH excluding ortho intramolecular Hbond substituents is 1. The van der Waals surface area contributed by atoms with Crippen molar-refractivity contribution < 1.29 is 62.8 Å². The zero-order valence-corrected chi connectivity index (χ0v) is 30.1. The maximum Gasteiger partial charge on any atom is 1.00 e. The maximum absolute atomic E-state index is 14.4. The summed E-state index contributed by atoms with van der Waals surface area (Å²) in [6.07, 6.45) is 4.55. The molecule has 270 valence electrons. The third kappa shape index (κ3) is 11.2. The molecule has 2 amide bonds. The Labute approximate surface area is 305 Å². The first kappa shape index (κ1) is 41.3. The Balaban J connectivity index is 0.00000451. The summed E-state index contributed by atoms with van der Waals surface area (Å²) in [6, 6.07) is 10.7. The van der Waals surface area contributed by atoms with Crippen molar-refractivity contribution in [2.75, 3.05) is 19.0 Å². The summed E-state index contributed by atoms with van der Waals surface area (Å²) in [5.74, 6) is -4.18. The van der Waals surface area contributed by atoms with Crippen LogP contribution in [0.25, 0.3) is 10.9 Å². The Kier molecular flexibility index (Phi) is 14.7. The number of aromatic hydroxyl groups is 1. The van der Waals surface area contributed by atoms with Crippen LogP contribution >= 0.6 is 7.37 Å². The van der Waals surface area contributed by atoms with E-state index in [2.05, 4.69) is 20.3 Å². The molecule has 50 heavy (non-hydrogen) atoms. The molecule has 1 fully saturated rings. The molecular weight excluding hydrogens is 680 g/mol. The first-order valence-corrected chi connectivity index (χ1v) is 20.1. The van der Waals surface area contributed by atoms with Gasteiger partial charge in [-0.1, -0.05) is 49.6 Å². The smallest absolute Gasteiger partial charge is 1.00 e. The summed E-state index contributed by atoms with van der Waals surface area (Å²) in [4.78, 5) is 54.7. The van der Waals surface area contributed by atoms with Crippen molar-refractivity contribution >= 4 is 46.1 Å². The van der Waals surface area contributed by atoms with E-state index in [1.807, 2.05) is 24.3 Å². The summed E-state index contributed by atoms with van der Waals surface area (Å²) in [7, 11) is -8.32. The van der Waals surface area contributed by atoms with Gasteiger partial charge in [-0.3, -0.25) is 14.2 Å². The molecule has 0 saturated heterocycles. The number of carboxylic acid groups (broad SMARTS) is 1. The number of amides is 2. The number of hydrogen-bond acceptors (Lipinski definition) is 8. The van der Waals surface area contributed by atoms with Gasteiger partial charge in [-0.15, -0.1) is 0 Å². The van der Waals surface area contributed by atoms with Crippen LogP contribution in [0.15, 0.2) is 54.7 Å². The van der Waals surface area contributed by atoms with E-state index in [1.165, 1.54) is 24.3 Å². The monoisotopic (exact) mass is 727 g/mol. The largest absolute Gasteiger partial charge is 1.00 e. The van der Waals surface area contributed by atoms with Crippen molar-refractivity contribution in [2.24, 2.45) is 11.1 Å². The average molecular weight is 728 g/mol. The second-order valence-corrected chi connectivity index (χ2v) is 17.2. The number of benzene rings is 2. The number of aromatic amines is 1. The Morgan fingerprint density at radius 3 is 2.30 bits per heavy atom. The molecule has 9 N–H and O–H groups in total. The average Bonchev–Trinajstić information content (AvgIpc) is 3.68. The second-order valence-electron chi connectivity index (χ2n) is 13.0. The van der Waals surface area contributed by atoms with Gasteiger partial charge in [-0.2, -0.15) is 0 Å². The third-order valence-corrected chi connectivity index (χ3v) is 12.1. The Hall–Kier alpha value is -3.15. The molecule has 0 bridgehead atoms. The summed E-state index contributed by atoms with van der Waals surface area (Å²) < 4.78 is 40.9. The first-order valence-electron chi connectivity index (χ1n) is 16.3. The van der Waals surface area contributed by atoms with Crippen LogP contribution in [0.5, 0.6) is 5.75 Å². The summed E-state index contributed by atoms with van der Waals surface area (Å²) >= 11 is 0. The Morgan fingerprint density at radius 1 is 1.02 bits per heavy atom. The maximum atomic E-state index is 14.4. The molecule has 3 aromatic rings. The molecule has 0 spiro atoms. The van der Waals surface area contributed by atoms with E-state index in [4.69, 9.17) is 5.73 Å². The number of fused-ring (bicyclic) bond motifs is 1. The molecule has 1 saturated carbocycles. The topological polar surface area (TPSA) is 241 Å². The minimum atomic E-state index is -4.49. The fraction of sp³-hybridized carbons (Fsp3) is 0.485. The summed E-state index contributed by atoms with van der Waals surface area (Å²) in [5.41, 5.74) is 6.20. The molecule has 1 unspecified atom stereocenters. The van der Waals surface area contributed by atoms with Crippen LogP contribution in [0.1, 0.15) is 57.5 Å². The predicted molar refractivity (Wildman–Crippen MR) is 187 cm³/mol. The number of H-pyrrole nitrogens is 1. The van der Waals surface area contributed by atoms with E-state index >= 15 is 0 Å². The SMILES string of the molecule is CS(=O)(=O)N[C@@H](CCCCN)C(=O)N[C@@H](Cc1ccc(O)cc1)P(=O)(O)CC1(C(=O)N[C@@H](Cc2c[nH]c3ccccc23)C(=O)O)CCCC1.[H-].[Li+]. The van der Waals surface area contributed by atoms with Crippen molar-refractivity contribution in [3.8, 4) is 5.75 Å². The molecule has 17 heteroatoms. The van der Waals surface area contributed by atoms with E-state index < -0.39 is 64.6 Å². The number of rotatable bonds is 18. The van der Waals surface area contributed by atoms with Crippen LogP contribution in [0.3, 0.4) is 0 Å². The minimum absolute atomic E-state index is 0. The molecule has 1 aromatic heterocycles. The third-order valence-electron chi connectivity index (χ3n) is 9.05. The van der Waals surface area contributed by atoms with Gasteiger partial charge in [0.25, 0.3) is 0 Å². The van der Waals surface area contributed by atoms with Crippen LogP contribution in [0.2, 0.25) is 0 Å². The normalized spacial score (nSPS) is 17.2. The van der Waals surface area contributed by atoms with Crippen molar-refractivity contribution in [1.29, 1.82) is 0 Å². The van der Waals surface area contributed by atoms with Crippen molar-refractivity contribution in [3.63, 3.8) is 0 Å². The zero-order valence-electron chi connectivity index (χ0n) is 29.4. The number of para-hydroxylation sites is 1. The van der Waals surface area contributed by atoms with E-state index in [9.17, 15) is 42.5 Å². The van der Waals surface area contributed by atoms with Crippen LogP contribution in [-0.2, 0) is 41.8 Å². The number of unbranched alkanes of at least 4 members (excludes halogenated alkanes) is 1. The fourth-order valence-electron chi connectivity index (χ4n) is 6.49. The van der Waals surface area contributed by atoms with Gasteiger partial charge < -0.3 is 37.9 Å². The molecule has 0 aliphatic heterocycles. The van der Waals surface area contributed by atoms with Gasteiger partial charge in [-0.05, 0) is 61.6 Å². The molecule has 0 radical (unpaired) electrons. The van der Waals surface area contributed by atoms with Crippen molar-refractivity contribution in [3.05, 3.63) is 65.9 Å². The molecular formula is C33H47LiN5O9PS. The van der Waals surface area contributed by atoms with Gasteiger partial charge in [-0.25, -0.2) is 17.9 Å². The number of aromatic nitrogens is 1. The van der Waals surface area contributed by atoms with Gasteiger partial charge in [0, 0.05) is 36.1 Å². The number of carboxylic acids is 1. The van der Waals surface area contributed by atoms with Crippen molar-refractivity contribution in [2.45, 2.75) is 75.7 Å². The molecule has 2 aromatic carbocycles. The van der Waals surface area contributed by atoms with Crippen LogP contribution in [0.4, 0.5) is 0 Å². The molecule has 4 atom stereocenters. The van der Waals surface area contributed by atoms with Gasteiger partial charge in [0.15, 0.2) is 0 Å². The summed E-state index contributed by atoms with van der Waals surface area (Å²) in [5, 5.41) is 25.9. The first-order chi connectivity index (χ1) is 23.1. The number of carbonyl (C=O) groups is 3. The van der Waals surface area contributed by atoms with E-state index in [1.54, 1.807) is 6.20 Å². The van der Waals surface area contributed by atoms with E-state index in [0.29, 0.717) is 43.4 Å². The number of hydrogen-bond donors (Lipinski definition) is 8. The van der Waals surface area contributed by atoms with E-state index in [0.717, 1.165) is 17.2 Å². The van der Waals surface area contributed by atoms with Crippen LogP contribution in [0, 0.1) is 5.41 Å². The Bertz CT molecular complexity index is 1790. The van der Waals surface area contributed by atoms with E-state index in [-0.39, 0.29) is 58.1 Å². The van der Waals surface area contributed by atoms with Crippen LogP contribution in [-0.4, -0.2) is 83.1 Å². The number of carbonyl (C=O) groups excluding carboxylic acids is 2. The minimum Gasteiger partial charge on any atom is -1.00 e. The zero-order chi connectivity index (χ0) is 35.8. The molecule has 14 nitrogen and oxygen atoms in total. The Morgan fingerprint density at radius 2 is 1.68 bits per heavy atom. The molecule has 1 heterocycles. The molecule has 4 rings (SSSR count). The number of aliphatic carboxylic acids is 1.